The van der Waals surface area contributed by atoms with Gasteiger partial charge in [0.05, 0.1) is 6.04 Å². The topological polar surface area (TPSA) is 12.0 Å². The van der Waals surface area contributed by atoms with Gasteiger partial charge >= 0.3 is 0 Å². The van der Waals surface area contributed by atoms with E-state index in [1.807, 2.05) is 6.92 Å². The average Bonchev–Trinajstić information content (AvgIpc) is 2.45. The first-order valence-electron chi connectivity index (χ1n) is 6.66. The predicted molar refractivity (Wildman–Crippen MR) is 80.6 cm³/mol. The molecule has 0 saturated carbocycles. The smallest absolute Gasteiger partial charge is 0.129 e. The molecular weight excluding hydrogens is 343 g/mol. The van der Waals surface area contributed by atoms with E-state index in [0.29, 0.717) is 11.0 Å². The molecule has 0 bridgehead atoms. The molecule has 0 heterocycles. The summed E-state index contributed by atoms with van der Waals surface area (Å²) in [5.41, 5.74) is 0.365. The van der Waals surface area contributed by atoms with Gasteiger partial charge in [-0.15, -0.1) is 0 Å². The van der Waals surface area contributed by atoms with Gasteiger partial charge < -0.3 is 5.32 Å². The van der Waals surface area contributed by atoms with E-state index in [9.17, 15) is 13.2 Å². The van der Waals surface area contributed by atoms with Gasteiger partial charge in [0.2, 0.25) is 0 Å². The number of nitrogens with one attached hydrogen (secondary N) is 1. The predicted octanol–water partition coefficient (Wildman–Crippen LogP) is 4.96. The van der Waals surface area contributed by atoms with Gasteiger partial charge in [0.25, 0.3) is 0 Å². The third-order valence-electron chi connectivity index (χ3n) is 3.16. The fourth-order valence-electron chi connectivity index (χ4n) is 2.18. The summed E-state index contributed by atoms with van der Waals surface area (Å²) in [7, 11) is 0. The maximum Gasteiger partial charge on any atom is 0.129 e. The van der Waals surface area contributed by atoms with E-state index in [-0.39, 0.29) is 11.1 Å². The fourth-order valence-corrected chi connectivity index (χ4v) is 2.75. The number of rotatable bonds is 5. The molecule has 1 nitrogen and oxygen atoms in total. The molecule has 1 unspecified atom stereocenters. The van der Waals surface area contributed by atoms with Crippen molar-refractivity contribution in [2.45, 2.75) is 19.4 Å². The molecule has 2 aromatic rings. The SMILES string of the molecule is CCCNC(c1cc(F)ccc1F)c1c(F)cccc1Br. The van der Waals surface area contributed by atoms with Crippen LogP contribution in [0.3, 0.4) is 0 Å². The van der Waals surface area contributed by atoms with E-state index < -0.39 is 23.5 Å². The molecular formula is C16H15BrF3N. The maximum atomic E-state index is 14.2. The second-order valence-electron chi connectivity index (χ2n) is 4.69. The Labute approximate surface area is 130 Å². The highest BCUT2D eigenvalue weighted by Crippen LogP contribution is 2.32. The van der Waals surface area contributed by atoms with Gasteiger partial charge in [0, 0.05) is 15.6 Å². The summed E-state index contributed by atoms with van der Waals surface area (Å²) in [6, 6.07) is 6.99. The molecule has 21 heavy (non-hydrogen) atoms. The number of halogens is 4. The van der Waals surface area contributed by atoms with Gasteiger partial charge in [-0.05, 0) is 43.3 Å². The van der Waals surface area contributed by atoms with Gasteiger partial charge in [0.15, 0.2) is 0 Å². The summed E-state index contributed by atoms with van der Waals surface area (Å²) in [4.78, 5) is 0. The minimum atomic E-state index is -0.753. The van der Waals surface area contributed by atoms with E-state index in [4.69, 9.17) is 0 Å². The van der Waals surface area contributed by atoms with Crippen LogP contribution in [0.2, 0.25) is 0 Å². The first-order valence-corrected chi connectivity index (χ1v) is 7.46. The molecule has 2 aromatic carbocycles. The molecule has 1 atom stereocenters. The molecule has 0 spiro atoms. The highest BCUT2D eigenvalue weighted by atomic mass is 79.9. The van der Waals surface area contributed by atoms with Crippen LogP contribution < -0.4 is 5.32 Å². The summed E-state index contributed by atoms with van der Waals surface area (Å²) in [5.74, 6) is -1.59. The summed E-state index contributed by atoms with van der Waals surface area (Å²) in [5, 5.41) is 3.08. The van der Waals surface area contributed by atoms with Crippen LogP contribution >= 0.6 is 15.9 Å². The fraction of sp³-hybridized carbons (Fsp3) is 0.250. The average molecular weight is 358 g/mol. The van der Waals surface area contributed by atoms with Crippen LogP contribution in [0, 0.1) is 17.5 Å². The highest BCUT2D eigenvalue weighted by Gasteiger charge is 2.23. The zero-order chi connectivity index (χ0) is 15.4. The summed E-state index contributed by atoms with van der Waals surface area (Å²) >= 11 is 3.28. The van der Waals surface area contributed by atoms with Crippen molar-refractivity contribution in [1.82, 2.24) is 5.32 Å². The Morgan fingerprint density at radius 3 is 2.52 bits per heavy atom. The lowest BCUT2D eigenvalue weighted by atomic mass is 9.97. The van der Waals surface area contributed by atoms with Crippen molar-refractivity contribution in [2.75, 3.05) is 6.54 Å². The van der Waals surface area contributed by atoms with Crippen molar-refractivity contribution in [3.63, 3.8) is 0 Å². The molecule has 0 saturated heterocycles. The van der Waals surface area contributed by atoms with Gasteiger partial charge in [-0.1, -0.05) is 28.9 Å². The monoisotopic (exact) mass is 357 g/mol. The van der Waals surface area contributed by atoms with Crippen LogP contribution in [0.1, 0.15) is 30.5 Å². The summed E-state index contributed by atoms with van der Waals surface area (Å²) in [6.45, 7) is 2.50. The molecule has 0 aromatic heterocycles. The molecule has 0 aliphatic heterocycles. The highest BCUT2D eigenvalue weighted by molar-refractivity contribution is 9.10. The number of benzene rings is 2. The van der Waals surface area contributed by atoms with Crippen LogP contribution in [0.5, 0.6) is 0 Å². The molecule has 0 aliphatic rings. The number of hydrogen-bond donors (Lipinski definition) is 1. The first-order chi connectivity index (χ1) is 10.0. The molecule has 0 aliphatic carbocycles. The van der Waals surface area contributed by atoms with Gasteiger partial charge in [0.1, 0.15) is 17.5 Å². The van der Waals surface area contributed by atoms with E-state index in [1.54, 1.807) is 12.1 Å². The Morgan fingerprint density at radius 2 is 1.86 bits per heavy atom. The molecule has 0 amide bonds. The Kier molecular flexibility index (Phi) is 5.42. The zero-order valence-electron chi connectivity index (χ0n) is 11.5. The van der Waals surface area contributed by atoms with Crippen LogP contribution in [0.4, 0.5) is 13.2 Å². The molecule has 112 valence electrons. The van der Waals surface area contributed by atoms with E-state index in [2.05, 4.69) is 21.2 Å². The van der Waals surface area contributed by atoms with Crippen LogP contribution in [0.15, 0.2) is 40.9 Å². The van der Waals surface area contributed by atoms with Crippen molar-refractivity contribution in [3.05, 3.63) is 69.4 Å². The minimum absolute atomic E-state index is 0.0919. The van der Waals surface area contributed by atoms with Gasteiger partial charge in [-0.25, -0.2) is 13.2 Å². The van der Waals surface area contributed by atoms with Crippen molar-refractivity contribution >= 4 is 15.9 Å². The lowest BCUT2D eigenvalue weighted by molar-refractivity contribution is 0.512. The largest absolute Gasteiger partial charge is 0.306 e. The standard InChI is InChI=1S/C16H15BrF3N/c1-2-8-21-16(11-9-10(18)6-7-13(11)19)15-12(17)4-3-5-14(15)20/h3-7,9,16,21H,2,8H2,1H3. The van der Waals surface area contributed by atoms with Crippen molar-refractivity contribution < 1.29 is 13.2 Å². The zero-order valence-corrected chi connectivity index (χ0v) is 13.1. The van der Waals surface area contributed by atoms with Crippen LogP contribution in [0.25, 0.3) is 0 Å². The second-order valence-corrected chi connectivity index (χ2v) is 5.54. The lowest BCUT2D eigenvalue weighted by Gasteiger charge is -2.22. The quantitative estimate of drug-likeness (QED) is 0.797. The Bertz CT molecular complexity index is 611. The maximum absolute atomic E-state index is 14.2. The van der Waals surface area contributed by atoms with Gasteiger partial charge in [-0.2, -0.15) is 0 Å². The third kappa shape index (κ3) is 3.66. The third-order valence-corrected chi connectivity index (χ3v) is 3.85. The van der Waals surface area contributed by atoms with Crippen molar-refractivity contribution in [1.29, 1.82) is 0 Å². The van der Waals surface area contributed by atoms with Gasteiger partial charge in [-0.3, -0.25) is 0 Å². The number of hydrogen-bond acceptors (Lipinski definition) is 1. The molecule has 5 heteroatoms. The van der Waals surface area contributed by atoms with E-state index in [1.165, 1.54) is 6.07 Å². The molecule has 2 rings (SSSR count). The normalized spacial score (nSPS) is 12.4. The summed E-state index contributed by atoms with van der Waals surface area (Å²) < 4.78 is 42.2. The first kappa shape index (κ1) is 16.0. The van der Waals surface area contributed by atoms with Crippen molar-refractivity contribution in [2.24, 2.45) is 0 Å². The minimum Gasteiger partial charge on any atom is -0.306 e. The van der Waals surface area contributed by atoms with E-state index >= 15 is 0 Å². The Hall–Kier alpha value is -1.33. The molecule has 0 fully saturated rings. The Morgan fingerprint density at radius 1 is 1.10 bits per heavy atom. The lowest BCUT2D eigenvalue weighted by Crippen LogP contribution is -2.25. The van der Waals surface area contributed by atoms with Crippen molar-refractivity contribution in [3.8, 4) is 0 Å². The van der Waals surface area contributed by atoms with Crippen LogP contribution in [-0.4, -0.2) is 6.54 Å². The summed E-state index contributed by atoms with van der Waals surface area (Å²) in [6.07, 6.45) is 0.791. The Balaban J connectivity index is 2.55. The van der Waals surface area contributed by atoms with E-state index in [0.717, 1.165) is 24.6 Å². The van der Waals surface area contributed by atoms with Crippen LogP contribution in [-0.2, 0) is 0 Å². The molecule has 0 radical (unpaired) electrons. The second kappa shape index (κ2) is 7.09. The molecule has 1 N–H and O–H groups in total.